The summed E-state index contributed by atoms with van der Waals surface area (Å²) in [5.41, 5.74) is 0. The number of hydrogen-bond donors (Lipinski definition) is 3. The Morgan fingerprint density at radius 2 is 1.50 bits per heavy atom. The number of nitrogens with one attached hydrogen (secondary N) is 2. The minimum atomic E-state index is -0.0467. The largest absolute Gasteiger partial charge is 0.378 e. The lowest BCUT2D eigenvalue weighted by atomic mass is 10.2. The molecular weight excluding hydrogens is 400 g/mol. The molecule has 7 nitrogen and oxygen atoms in total. The predicted molar refractivity (Wildman–Crippen MR) is 119 cm³/mol. The van der Waals surface area contributed by atoms with Gasteiger partial charge in [-0.05, 0) is 19.3 Å². The van der Waals surface area contributed by atoms with Crippen molar-refractivity contribution in [2.75, 3.05) is 64.2 Å². The Labute approximate surface area is 179 Å². The fraction of sp³-hybridized carbons (Fsp3) is 0.895. The zero-order valence-electron chi connectivity index (χ0n) is 17.2. The van der Waals surface area contributed by atoms with Crippen LogP contribution in [0, 0.1) is 0 Å². The van der Waals surface area contributed by atoms with E-state index >= 15 is 0 Å². The van der Waals surface area contributed by atoms with E-state index in [1.165, 1.54) is 11.8 Å². The van der Waals surface area contributed by atoms with Gasteiger partial charge in [0.25, 0.3) is 5.24 Å². The van der Waals surface area contributed by atoms with E-state index in [4.69, 9.17) is 14.2 Å². The van der Waals surface area contributed by atoms with Crippen LogP contribution in [0.25, 0.3) is 0 Å². The van der Waals surface area contributed by atoms with Crippen LogP contribution >= 0.6 is 24.4 Å². The SMILES string of the molecule is CCCCOCC(=O)NCCCCCCNC(=O)SCCOCCOCCS. The summed E-state index contributed by atoms with van der Waals surface area (Å²) in [7, 11) is 0. The summed E-state index contributed by atoms with van der Waals surface area (Å²) >= 11 is 5.29. The second kappa shape index (κ2) is 22.8. The van der Waals surface area contributed by atoms with E-state index in [2.05, 4.69) is 30.2 Å². The quantitative estimate of drug-likeness (QED) is 0.200. The molecule has 0 heterocycles. The molecule has 0 saturated heterocycles. The van der Waals surface area contributed by atoms with Crippen LogP contribution in [0.4, 0.5) is 4.79 Å². The van der Waals surface area contributed by atoms with Gasteiger partial charge in [0, 0.05) is 31.2 Å². The topological polar surface area (TPSA) is 85.9 Å². The smallest absolute Gasteiger partial charge is 0.279 e. The van der Waals surface area contributed by atoms with Gasteiger partial charge in [-0.25, -0.2) is 0 Å². The van der Waals surface area contributed by atoms with Gasteiger partial charge in [-0.1, -0.05) is 37.9 Å². The number of thioether (sulfide) groups is 1. The minimum absolute atomic E-state index is 0.00902. The Morgan fingerprint density at radius 3 is 2.18 bits per heavy atom. The number of amides is 2. The number of unbranched alkanes of at least 4 members (excludes halogenated alkanes) is 4. The molecule has 0 aromatic rings. The van der Waals surface area contributed by atoms with Crippen molar-refractivity contribution in [3.8, 4) is 0 Å². The third-order valence-electron chi connectivity index (χ3n) is 3.64. The summed E-state index contributed by atoms with van der Waals surface area (Å²) in [5.74, 6) is 1.30. The average Bonchev–Trinajstić information content (AvgIpc) is 2.69. The summed E-state index contributed by atoms with van der Waals surface area (Å²) in [6, 6.07) is 0. The number of rotatable bonds is 20. The molecule has 0 fully saturated rings. The third-order valence-corrected chi connectivity index (χ3v) is 4.60. The van der Waals surface area contributed by atoms with Crippen LogP contribution in [0.3, 0.4) is 0 Å². The van der Waals surface area contributed by atoms with E-state index in [-0.39, 0.29) is 17.8 Å². The Hall–Kier alpha value is -0.480. The fourth-order valence-electron chi connectivity index (χ4n) is 2.11. The van der Waals surface area contributed by atoms with Gasteiger partial charge in [0.2, 0.25) is 5.91 Å². The van der Waals surface area contributed by atoms with E-state index in [0.717, 1.165) is 38.5 Å². The lowest BCUT2D eigenvalue weighted by molar-refractivity contribution is -0.125. The maximum Gasteiger partial charge on any atom is 0.279 e. The molecular formula is C19H38N2O5S2. The predicted octanol–water partition coefficient (Wildman–Crippen LogP) is 2.89. The molecule has 0 aliphatic carbocycles. The molecule has 0 aliphatic heterocycles. The maximum absolute atomic E-state index is 11.7. The molecule has 0 aliphatic rings. The van der Waals surface area contributed by atoms with Crippen molar-refractivity contribution in [1.29, 1.82) is 0 Å². The number of carbonyl (C=O) groups is 2. The monoisotopic (exact) mass is 438 g/mol. The molecule has 2 N–H and O–H groups in total. The molecule has 28 heavy (non-hydrogen) atoms. The van der Waals surface area contributed by atoms with E-state index in [9.17, 15) is 9.59 Å². The highest BCUT2D eigenvalue weighted by molar-refractivity contribution is 8.13. The molecule has 2 amide bonds. The summed E-state index contributed by atoms with van der Waals surface area (Å²) in [4.78, 5) is 23.2. The van der Waals surface area contributed by atoms with Gasteiger partial charge in [0.1, 0.15) is 6.61 Å². The molecule has 0 radical (unpaired) electrons. The van der Waals surface area contributed by atoms with E-state index < -0.39 is 0 Å². The van der Waals surface area contributed by atoms with Crippen LogP contribution in [-0.2, 0) is 19.0 Å². The van der Waals surface area contributed by atoms with E-state index in [0.29, 0.717) is 57.6 Å². The van der Waals surface area contributed by atoms with Gasteiger partial charge in [-0.3, -0.25) is 9.59 Å². The first-order chi connectivity index (χ1) is 13.7. The Kier molecular flexibility index (Phi) is 22.4. The first kappa shape index (κ1) is 27.5. The van der Waals surface area contributed by atoms with Gasteiger partial charge in [-0.15, -0.1) is 0 Å². The molecule has 0 bridgehead atoms. The van der Waals surface area contributed by atoms with Gasteiger partial charge >= 0.3 is 0 Å². The fourth-order valence-corrected chi connectivity index (χ4v) is 2.83. The molecule has 0 saturated carbocycles. The molecule has 0 aromatic carbocycles. The Balaban J connectivity index is 3.24. The van der Waals surface area contributed by atoms with Crippen LogP contribution in [-0.4, -0.2) is 75.4 Å². The van der Waals surface area contributed by atoms with Crippen molar-refractivity contribution >= 4 is 35.5 Å². The highest BCUT2D eigenvalue weighted by Crippen LogP contribution is 2.03. The maximum atomic E-state index is 11.7. The van der Waals surface area contributed by atoms with Gasteiger partial charge in [-0.2, -0.15) is 12.6 Å². The van der Waals surface area contributed by atoms with Crippen LogP contribution in [0.5, 0.6) is 0 Å². The highest BCUT2D eigenvalue weighted by Gasteiger charge is 2.02. The lowest BCUT2D eigenvalue weighted by Gasteiger charge is -2.07. The first-order valence-electron chi connectivity index (χ1n) is 10.2. The zero-order valence-corrected chi connectivity index (χ0v) is 18.9. The summed E-state index contributed by atoms with van der Waals surface area (Å²) in [5, 5.41) is 5.74. The van der Waals surface area contributed by atoms with E-state index in [1.807, 2.05) is 0 Å². The van der Waals surface area contributed by atoms with Gasteiger partial charge in [0.15, 0.2) is 0 Å². The van der Waals surface area contributed by atoms with Crippen molar-refractivity contribution < 1.29 is 23.8 Å². The number of thiol groups is 1. The van der Waals surface area contributed by atoms with Crippen LogP contribution < -0.4 is 10.6 Å². The van der Waals surface area contributed by atoms with Crippen molar-refractivity contribution in [2.24, 2.45) is 0 Å². The highest BCUT2D eigenvalue weighted by atomic mass is 32.2. The Morgan fingerprint density at radius 1 is 0.821 bits per heavy atom. The molecule has 0 rings (SSSR count). The summed E-state index contributed by atoms with van der Waals surface area (Å²) in [6.45, 7) is 6.53. The van der Waals surface area contributed by atoms with Crippen LogP contribution in [0.2, 0.25) is 0 Å². The normalized spacial score (nSPS) is 10.8. The van der Waals surface area contributed by atoms with Crippen molar-refractivity contribution in [1.82, 2.24) is 10.6 Å². The molecule has 0 spiro atoms. The van der Waals surface area contributed by atoms with Gasteiger partial charge < -0.3 is 24.8 Å². The number of ether oxygens (including phenoxy) is 3. The number of hydrogen-bond acceptors (Lipinski definition) is 7. The molecule has 0 aromatic heterocycles. The Bertz CT molecular complexity index is 376. The van der Waals surface area contributed by atoms with Crippen LogP contribution in [0.1, 0.15) is 45.4 Å². The standard InChI is InChI=1S/C19H38N2O5S2/c1-2-3-10-26-17-18(22)20-8-6-4-5-7-9-21-19(23)28-16-14-25-12-11-24-13-15-27/h27H,2-17H2,1H3,(H,20,22)(H,21,23). The molecule has 166 valence electrons. The molecule has 0 atom stereocenters. The average molecular weight is 439 g/mol. The first-order valence-corrected chi connectivity index (χ1v) is 11.8. The lowest BCUT2D eigenvalue weighted by Crippen LogP contribution is -2.28. The third kappa shape index (κ3) is 21.8. The van der Waals surface area contributed by atoms with Gasteiger partial charge in [0.05, 0.1) is 26.4 Å². The van der Waals surface area contributed by atoms with Crippen molar-refractivity contribution in [2.45, 2.75) is 45.4 Å². The molecule has 9 heteroatoms. The minimum Gasteiger partial charge on any atom is -0.378 e. The number of carbonyl (C=O) groups excluding carboxylic acids is 2. The summed E-state index contributed by atoms with van der Waals surface area (Å²) < 4.78 is 15.9. The van der Waals surface area contributed by atoms with E-state index in [1.54, 1.807) is 0 Å². The van der Waals surface area contributed by atoms with Crippen molar-refractivity contribution in [3.63, 3.8) is 0 Å². The van der Waals surface area contributed by atoms with Crippen LogP contribution in [0.15, 0.2) is 0 Å². The summed E-state index contributed by atoms with van der Waals surface area (Å²) in [6.07, 6.45) is 6.01. The second-order valence-electron chi connectivity index (χ2n) is 6.18. The second-order valence-corrected chi connectivity index (χ2v) is 7.70. The van der Waals surface area contributed by atoms with Crippen molar-refractivity contribution in [3.05, 3.63) is 0 Å². The molecule has 0 unspecified atom stereocenters. The zero-order chi connectivity index (χ0) is 20.7.